The van der Waals surface area contributed by atoms with Crippen molar-refractivity contribution in [1.82, 2.24) is 0 Å². The van der Waals surface area contributed by atoms with Crippen LogP contribution in [0.3, 0.4) is 0 Å². The fraction of sp³-hybridized carbons (Fsp3) is 0.462. The van der Waals surface area contributed by atoms with E-state index < -0.39 is 4.92 Å². The van der Waals surface area contributed by atoms with Crippen LogP contribution in [0.15, 0.2) is 18.2 Å². The van der Waals surface area contributed by atoms with Crippen molar-refractivity contribution in [2.24, 2.45) is 0 Å². The van der Waals surface area contributed by atoms with Crippen LogP contribution in [0.4, 0.5) is 11.4 Å². The van der Waals surface area contributed by atoms with Crippen molar-refractivity contribution < 1.29 is 4.92 Å². The van der Waals surface area contributed by atoms with Crippen LogP contribution < -0.4 is 4.90 Å². The fourth-order valence-electron chi connectivity index (χ4n) is 2.43. The van der Waals surface area contributed by atoms with Crippen LogP contribution in [0.25, 0.3) is 0 Å². The van der Waals surface area contributed by atoms with Gasteiger partial charge in [-0.25, -0.2) is 0 Å². The molecule has 1 aromatic rings. The molecule has 0 amide bonds. The minimum Gasteiger partial charge on any atom is -0.368 e. The number of piperidine rings is 1. The van der Waals surface area contributed by atoms with Crippen molar-refractivity contribution >= 4 is 11.4 Å². The van der Waals surface area contributed by atoms with Gasteiger partial charge in [-0.1, -0.05) is 0 Å². The van der Waals surface area contributed by atoms with E-state index in [9.17, 15) is 10.1 Å². The fourth-order valence-corrected chi connectivity index (χ4v) is 2.43. The zero-order valence-electron chi connectivity index (χ0n) is 10.3. The van der Waals surface area contributed by atoms with Gasteiger partial charge in [0.1, 0.15) is 6.07 Å². The van der Waals surface area contributed by atoms with Gasteiger partial charge in [0.25, 0.3) is 5.69 Å². The van der Waals surface area contributed by atoms with Gasteiger partial charge in [-0.3, -0.25) is 10.1 Å². The lowest BCUT2D eigenvalue weighted by molar-refractivity contribution is -0.384. The second-order valence-electron chi connectivity index (χ2n) is 4.61. The maximum absolute atomic E-state index is 10.7. The van der Waals surface area contributed by atoms with E-state index in [4.69, 9.17) is 5.26 Å². The molecule has 5 nitrogen and oxygen atoms in total. The first-order valence-corrected chi connectivity index (χ1v) is 6.08. The molecule has 0 N–H and O–H groups in total. The average molecular weight is 245 g/mol. The Morgan fingerprint density at radius 1 is 1.50 bits per heavy atom. The van der Waals surface area contributed by atoms with E-state index in [1.807, 2.05) is 0 Å². The first-order valence-electron chi connectivity index (χ1n) is 6.08. The summed E-state index contributed by atoms with van der Waals surface area (Å²) in [6, 6.07) is 6.96. The van der Waals surface area contributed by atoms with Crippen molar-refractivity contribution in [3.05, 3.63) is 33.9 Å². The summed E-state index contributed by atoms with van der Waals surface area (Å²) in [6.07, 6.45) is 3.40. The normalized spacial score (nSPS) is 19.3. The molecule has 1 aromatic carbocycles. The van der Waals surface area contributed by atoms with Crippen molar-refractivity contribution in [3.8, 4) is 6.07 Å². The van der Waals surface area contributed by atoms with Crippen molar-refractivity contribution in [1.29, 1.82) is 5.26 Å². The van der Waals surface area contributed by atoms with Crippen molar-refractivity contribution in [3.63, 3.8) is 0 Å². The van der Waals surface area contributed by atoms with Gasteiger partial charge >= 0.3 is 0 Å². The van der Waals surface area contributed by atoms with Gasteiger partial charge in [0.05, 0.1) is 16.2 Å². The largest absolute Gasteiger partial charge is 0.368 e. The number of rotatable bonds is 2. The number of anilines is 1. The van der Waals surface area contributed by atoms with Crippen LogP contribution in [0, 0.1) is 21.4 Å². The molecule has 5 heteroatoms. The lowest BCUT2D eigenvalue weighted by atomic mass is 10.0. The monoisotopic (exact) mass is 245 g/mol. The maximum Gasteiger partial charge on any atom is 0.270 e. The molecule has 0 aromatic heterocycles. The Morgan fingerprint density at radius 2 is 2.28 bits per heavy atom. The summed E-state index contributed by atoms with van der Waals surface area (Å²) in [5, 5.41) is 19.8. The summed E-state index contributed by atoms with van der Waals surface area (Å²) in [6.45, 7) is 3.04. The van der Waals surface area contributed by atoms with E-state index in [1.165, 1.54) is 18.6 Å². The topological polar surface area (TPSA) is 70.2 Å². The predicted molar refractivity (Wildman–Crippen MR) is 68.5 cm³/mol. The molecule has 2 rings (SSSR count). The van der Waals surface area contributed by atoms with Gasteiger partial charge in [-0.05, 0) is 32.3 Å². The van der Waals surface area contributed by atoms with E-state index in [0.29, 0.717) is 11.6 Å². The lowest BCUT2D eigenvalue weighted by Gasteiger charge is -2.35. The van der Waals surface area contributed by atoms with Crippen LogP contribution in [0.2, 0.25) is 0 Å². The second kappa shape index (κ2) is 5.05. The molecule has 1 atom stereocenters. The Kier molecular flexibility index (Phi) is 3.47. The molecule has 0 radical (unpaired) electrons. The SMILES string of the molecule is C[C@H]1CCCCN1c1ccc([N+](=O)[O-])cc1C#N. The number of nitro groups is 1. The highest BCUT2D eigenvalue weighted by Crippen LogP contribution is 2.29. The highest BCUT2D eigenvalue weighted by atomic mass is 16.6. The minimum atomic E-state index is -0.468. The van der Waals surface area contributed by atoms with E-state index in [0.717, 1.165) is 25.1 Å². The van der Waals surface area contributed by atoms with Gasteiger partial charge < -0.3 is 4.90 Å². The van der Waals surface area contributed by atoms with Crippen LogP contribution >= 0.6 is 0 Å². The lowest BCUT2D eigenvalue weighted by Crippen LogP contribution is -2.37. The van der Waals surface area contributed by atoms with Crippen molar-refractivity contribution in [2.75, 3.05) is 11.4 Å². The molecular weight excluding hydrogens is 230 g/mol. The molecule has 1 aliphatic rings. The zero-order valence-corrected chi connectivity index (χ0v) is 10.3. The Morgan fingerprint density at radius 3 is 2.89 bits per heavy atom. The van der Waals surface area contributed by atoms with Crippen molar-refractivity contribution in [2.45, 2.75) is 32.2 Å². The summed E-state index contributed by atoms with van der Waals surface area (Å²) >= 11 is 0. The second-order valence-corrected chi connectivity index (χ2v) is 4.61. The van der Waals surface area contributed by atoms with E-state index in [1.54, 1.807) is 6.07 Å². The zero-order chi connectivity index (χ0) is 13.1. The minimum absolute atomic E-state index is 0.0278. The number of hydrogen-bond acceptors (Lipinski definition) is 4. The van der Waals surface area contributed by atoms with Gasteiger partial charge in [-0.15, -0.1) is 0 Å². The Hall–Kier alpha value is -2.09. The standard InChI is InChI=1S/C13H15N3O2/c1-10-4-2-3-7-15(10)13-6-5-12(16(17)18)8-11(13)9-14/h5-6,8,10H,2-4,7H2,1H3/t10-/m0/s1. The molecule has 0 spiro atoms. The smallest absolute Gasteiger partial charge is 0.270 e. The van der Waals surface area contributed by atoms with Gasteiger partial charge in [-0.2, -0.15) is 5.26 Å². The Bertz CT molecular complexity index is 507. The molecule has 1 heterocycles. The highest BCUT2D eigenvalue weighted by molar-refractivity contribution is 5.63. The quantitative estimate of drug-likeness (QED) is 0.593. The summed E-state index contributed by atoms with van der Waals surface area (Å²) in [5.41, 5.74) is 1.17. The molecule has 0 saturated carbocycles. The molecule has 1 fully saturated rings. The van der Waals surface area contributed by atoms with Crippen LogP contribution in [-0.4, -0.2) is 17.5 Å². The third-order valence-corrected chi connectivity index (χ3v) is 3.42. The van der Waals surface area contributed by atoms with E-state index >= 15 is 0 Å². The third kappa shape index (κ3) is 2.28. The maximum atomic E-state index is 10.7. The molecular formula is C13H15N3O2. The third-order valence-electron chi connectivity index (χ3n) is 3.42. The number of benzene rings is 1. The summed E-state index contributed by atoms with van der Waals surface area (Å²) in [4.78, 5) is 12.4. The highest BCUT2D eigenvalue weighted by Gasteiger charge is 2.22. The molecule has 0 unspecified atom stereocenters. The van der Waals surface area contributed by atoms with Crippen LogP contribution in [0.5, 0.6) is 0 Å². The Labute approximate surface area is 106 Å². The van der Waals surface area contributed by atoms with Crippen LogP contribution in [0.1, 0.15) is 31.7 Å². The summed E-state index contributed by atoms with van der Waals surface area (Å²) < 4.78 is 0. The van der Waals surface area contributed by atoms with E-state index in [2.05, 4.69) is 17.9 Å². The molecule has 1 saturated heterocycles. The molecule has 0 aliphatic carbocycles. The molecule has 1 aliphatic heterocycles. The summed E-state index contributed by atoms with van der Waals surface area (Å²) in [7, 11) is 0. The summed E-state index contributed by atoms with van der Waals surface area (Å²) in [5.74, 6) is 0. The van der Waals surface area contributed by atoms with Gasteiger partial charge in [0.2, 0.25) is 0 Å². The number of hydrogen-bond donors (Lipinski definition) is 0. The molecule has 0 bridgehead atoms. The number of nitriles is 1. The van der Waals surface area contributed by atoms with Gasteiger partial charge in [0.15, 0.2) is 0 Å². The Balaban J connectivity index is 2.38. The first-order chi connectivity index (χ1) is 8.63. The number of nitro benzene ring substituents is 1. The molecule has 18 heavy (non-hydrogen) atoms. The predicted octanol–water partition coefficient (Wildman–Crippen LogP) is 2.85. The number of non-ortho nitro benzene ring substituents is 1. The van der Waals surface area contributed by atoms with Gasteiger partial charge in [0, 0.05) is 24.7 Å². The average Bonchev–Trinajstić information content (AvgIpc) is 2.38. The van der Waals surface area contributed by atoms with Crippen LogP contribution in [-0.2, 0) is 0 Å². The number of nitrogens with zero attached hydrogens (tertiary/aromatic N) is 3. The first kappa shape index (κ1) is 12.4. The van der Waals surface area contributed by atoms with E-state index in [-0.39, 0.29) is 5.69 Å². The molecule has 94 valence electrons.